The van der Waals surface area contributed by atoms with E-state index in [0.29, 0.717) is 12.0 Å². The van der Waals surface area contributed by atoms with E-state index in [1.807, 2.05) is 0 Å². The van der Waals surface area contributed by atoms with Gasteiger partial charge in [-0.3, -0.25) is 4.79 Å². The minimum atomic E-state index is -0.343. The van der Waals surface area contributed by atoms with Crippen LogP contribution in [0.2, 0.25) is 0 Å². The Morgan fingerprint density at radius 1 is 1.18 bits per heavy atom. The average molecular weight is 263 g/mol. The van der Waals surface area contributed by atoms with Crippen LogP contribution in [0, 0.1) is 5.92 Å². The number of nitrogens with one attached hydrogen (secondary N) is 1. The summed E-state index contributed by atoms with van der Waals surface area (Å²) in [4.78, 5) is 11.9. The Morgan fingerprint density at radius 2 is 1.76 bits per heavy atom. The molecule has 1 aliphatic carbocycles. The molecule has 1 aliphatic heterocycles. The fraction of sp³-hybridized carbons (Fsp3) is 0.917. The lowest BCUT2D eigenvalue weighted by atomic mass is 9.91. The molecule has 1 unspecified atom stereocenters. The molecule has 100 valence electrons. The number of carbonyl (C=O) groups is 1. The first kappa shape index (κ1) is 14.7. The molecule has 2 fully saturated rings. The molecule has 5 heteroatoms. The van der Waals surface area contributed by atoms with E-state index in [0.717, 1.165) is 38.9 Å². The van der Waals surface area contributed by atoms with Crippen LogP contribution < -0.4 is 11.1 Å². The molecule has 1 amide bonds. The molecule has 1 heterocycles. The maximum atomic E-state index is 11.9. The van der Waals surface area contributed by atoms with Crippen molar-refractivity contribution in [1.82, 2.24) is 5.32 Å². The number of hydrogen-bond donors (Lipinski definition) is 2. The number of amides is 1. The lowest BCUT2D eigenvalue weighted by molar-refractivity contribution is -0.125. The fourth-order valence-corrected chi connectivity index (χ4v) is 2.66. The van der Waals surface area contributed by atoms with Gasteiger partial charge in [-0.1, -0.05) is 12.8 Å². The van der Waals surface area contributed by atoms with Gasteiger partial charge in [-0.05, 0) is 31.6 Å². The Hall–Kier alpha value is -0.320. The number of nitrogens with two attached hydrogens (primary N) is 1. The summed E-state index contributed by atoms with van der Waals surface area (Å²) >= 11 is 0. The van der Waals surface area contributed by atoms with E-state index in [2.05, 4.69) is 5.32 Å². The molecular formula is C12H23ClN2O2. The third kappa shape index (κ3) is 4.12. The SMILES string of the molecule is Cl.NC(C(=O)NC1CCCC1)C1CCOCC1. The van der Waals surface area contributed by atoms with Crippen molar-refractivity contribution in [3.63, 3.8) is 0 Å². The monoisotopic (exact) mass is 262 g/mol. The molecule has 4 nitrogen and oxygen atoms in total. The lowest BCUT2D eigenvalue weighted by Gasteiger charge is -2.27. The highest BCUT2D eigenvalue weighted by Gasteiger charge is 2.28. The van der Waals surface area contributed by atoms with Crippen LogP contribution in [0.25, 0.3) is 0 Å². The van der Waals surface area contributed by atoms with Gasteiger partial charge in [-0.25, -0.2) is 0 Å². The summed E-state index contributed by atoms with van der Waals surface area (Å²) in [6, 6.07) is 0.0305. The second-order valence-corrected chi connectivity index (χ2v) is 4.97. The van der Waals surface area contributed by atoms with Crippen LogP contribution in [0.5, 0.6) is 0 Å². The van der Waals surface area contributed by atoms with Crippen molar-refractivity contribution in [3.8, 4) is 0 Å². The number of halogens is 1. The van der Waals surface area contributed by atoms with Crippen molar-refractivity contribution in [1.29, 1.82) is 0 Å². The number of rotatable bonds is 3. The molecule has 0 radical (unpaired) electrons. The van der Waals surface area contributed by atoms with Crippen LogP contribution in [0.3, 0.4) is 0 Å². The van der Waals surface area contributed by atoms with E-state index in [1.54, 1.807) is 0 Å². The lowest BCUT2D eigenvalue weighted by Crippen LogP contribution is -2.49. The smallest absolute Gasteiger partial charge is 0.237 e. The van der Waals surface area contributed by atoms with Crippen molar-refractivity contribution in [2.24, 2.45) is 11.7 Å². The van der Waals surface area contributed by atoms with Gasteiger partial charge in [0.2, 0.25) is 5.91 Å². The minimum absolute atomic E-state index is 0. The molecule has 0 spiro atoms. The van der Waals surface area contributed by atoms with Gasteiger partial charge in [0, 0.05) is 19.3 Å². The van der Waals surface area contributed by atoms with Crippen LogP contribution in [0.15, 0.2) is 0 Å². The maximum absolute atomic E-state index is 11.9. The van der Waals surface area contributed by atoms with Gasteiger partial charge >= 0.3 is 0 Å². The first-order chi connectivity index (χ1) is 7.77. The minimum Gasteiger partial charge on any atom is -0.381 e. The largest absolute Gasteiger partial charge is 0.381 e. The molecule has 2 rings (SSSR count). The zero-order chi connectivity index (χ0) is 11.4. The first-order valence-electron chi connectivity index (χ1n) is 6.41. The predicted molar refractivity (Wildman–Crippen MR) is 69.2 cm³/mol. The first-order valence-corrected chi connectivity index (χ1v) is 6.41. The van der Waals surface area contributed by atoms with Crippen LogP contribution in [0.1, 0.15) is 38.5 Å². The molecule has 0 bridgehead atoms. The van der Waals surface area contributed by atoms with Crippen molar-refractivity contribution in [2.45, 2.75) is 50.6 Å². The van der Waals surface area contributed by atoms with Crippen molar-refractivity contribution in [2.75, 3.05) is 13.2 Å². The molecule has 1 atom stereocenters. The normalized spacial score (nSPS) is 24.1. The molecule has 3 N–H and O–H groups in total. The number of ether oxygens (including phenoxy) is 1. The Morgan fingerprint density at radius 3 is 2.35 bits per heavy atom. The number of carbonyl (C=O) groups excluding carboxylic acids is 1. The Kier molecular flexibility index (Phi) is 6.23. The van der Waals surface area contributed by atoms with Gasteiger partial charge in [0.25, 0.3) is 0 Å². The van der Waals surface area contributed by atoms with Gasteiger partial charge in [0.15, 0.2) is 0 Å². The predicted octanol–water partition coefficient (Wildman–Crippen LogP) is 1.22. The second kappa shape index (κ2) is 7.19. The van der Waals surface area contributed by atoms with E-state index < -0.39 is 0 Å². The van der Waals surface area contributed by atoms with E-state index in [9.17, 15) is 4.79 Å². The third-order valence-electron chi connectivity index (χ3n) is 3.78. The van der Waals surface area contributed by atoms with Crippen molar-refractivity contribution in [3.05, 3.63) is 0 Å². The Bertz CT molecular complexity index is 239. The Balaban J connectivity index is 0.00000144. The summed E-state index contributed by atoms with van der Waals surface area (Å²) in [5, 5.41) is 3.07. The third-order valence-corrected chi connectivity index (χ3v) is 3.78. The van der Waals surface area contributed by atoms with Gasteiger partial charge in [0.05, 0.1) is 6.04 Å². The Labute approximate surface area is 109 Å². The molecule has 0 aromatic rings. The molecule has 17 heavy (non-hydrogen) atoms. The van der Waals surface area contributed by atoms with Crippen molar-refractivity contribution < 1.29 is 9.53 Å². The summed E-state index contributed by atoms with van der Waals surface area (Å²) < 4.78 is 5.28. The van der Waals surface area contributed by atoms with Gasteiger partial charge in [0.1, 0.15) is 0 Å². The van der Waals surface area contributed by atoms with Crippen molar-refractivity contribution >= 4 is 18.3 Å². The van der Waals surface area contributed by atoms with Crippen LogP contribution in [-0.2, 0) is 9.53 Å². The summed E-state index contributed by atoms with van der Waals surface area (Å²) in [6.45, 7) is 1.49. The summed E-state index contributed by atoms with van der Waals surface area (Å²) in [5.74, 6) is 0.342. The van der Waals surface area contributed by atoms with Gasteiger partial charge < -0.3 is 15.8 Å². The van der Waals surface area contributed by atoms with Gasteiger partial charge in [-0.2, -0.15) is 0 Å². The van der Waals surface area contributed by atoms with E-state index in [1.165, 1.54) is 12.8 Å². The zero-order valence-corrected chi connectivity index (χ0v) is 11.0. The van der Waals surface area contributed by atoms with E-state index in [-0.39, 0.29) is 24.4 Å². The molecule has 0 aromatic carbocycles. The summed E-state index contributed by atoms with van der Waals surface area (Å²) in [5.41, 5.74) is 6.00. The summed E-state index contributed by atoms with van der Waals surface area (Å²) in [6.07, 6.45) is 6.53. The van der Waals surface area contributed by atoms with E-state index in [4.69, 9.17) is 10.5 Å². The quantitative estimate of drug-likeness (QED) is 0.804. The topological polar surface area (TPSA) is 64.4 Å². The zero-order valence-electron chi connectivity index (χ0n) is 10.2. The van der Waals surface area contributed by atoms with Crippen LogP contribution >= 0.6 is 12.4 Å². The highest BCUT2D eigenvalue weighted by atomic mass is 35.5. The number of hydrogen-bond acceptors (Lipinski definition) is 3. The molecule has 1 saturated heterocycles. The fourth-order valence-electron chi connectivity index (χ4n) is 2.66. The molecular weight excluding hydrogens is 240 g/mol. The second-order valence-electron chi connectivity index (χ2n) is 4.97. The standard InChI is InChI=1S/C12H22N2O2.ClH/c13-11(9-5-7-16-8-6-9)12(15)14-10-3-1-2-4-10;/h9-11H,1-8,13H2,(H,14,15);1H. The van der Waals surface area contributed by atoms with Crippen LogP contribution in [-0.4, -0.2) is 31.2 Å². The van der Waals surface area contributed by atoms with Gasteiger partial charge in [-0.15, -0.1) is 12.4 Å². The molecule has 0 aromatic heterocycles. The molecule has 1 saturated carbocycles. The highest BCUT2D eigenvalue weighted by molar-refractivity contribution is 5.85. The maximum Gasteiger partial charge on any atom is 0.237 e. The van der Waals surface area contributed by atoms with E-state index >= 15 is 0 Å². The average Bonchev–Trinajstić information content (AvgIpc) is 2.82. The van der Waals surface area contributed by atoms with Crippen LogP contribution in [0.4, 0.5) is 0 Å². The molecule has 2 aliphatic rings. The summed E-state index contributed by atoms with van der Waals surface area (Å²) in [7, 11) is 0. The highest BCUT2D eigenvalue weighted by Crippen LogP contribution is 2.20.